The van der Waals surface area contributed by atoms with E-state index in [-0.39, 0.29) is 0 Å². The number of allylic oxidation sites excluding steroid dienone is 3. The standard InChI is InChI=1S/C31H24.4C2H6/c1-3-7-22-15-24(11-9-20(22)5-1)25-13-14-28-29(18-27-19-30(27)31(28)17-25)26-12-10-21-6-2-4-8-23(21)16-26;4*1-2/h1-9,11,13-18,27,30H,10,12,19H2;4*1-2H3. The summed E-state index contributed by atoms with van der Waals surface area (Å²) in [5.74, 6) is 1.45. The first-order chi connectivity index (χ1) is 19.3. The zero-order valence-electron chi connectivity index (χ0n) is 25.5. The molecular weight excluding hydrogens is 468 g/mol. The normalized spacial score (nSPS) is 17.2. The van der Waals surface area contributed by atoms with E-state index in [0.29, 0.717) is 0 Å². The van der Waals surface area contributed by atoms with Crippen molar-refractivity contribution in [3.63, 3.8) is 0 Å². The minimum atomic E-state index is 0.718. The highest BCUT2D eigenvalue weighted by molar-refractivity contribution is 5.91. The molecule has 0 spiro atoms. The molecule has 0 nitrogen and oxygen atoms in total. The Hall–Kier alpha value is -3.38. The van der Waals surface area contributed by atoms with Crippen LogP contribution in [0.15, 0.2) is 96.6 Å². The highest BCUT2D eigenvalue weighted by Crippen LogP contribution is 2.57. The second kappa shape index (κ2) is 14.7. The van der Waals surface area contributed by atoms with Gasteiger partial charge >= 0.3 is 0 Å². The summed E-state index contributed by atoms with van der Waals surface area (Å²) in [5.41, 5.74) is 11.6. The van der Waals surface area contributed by atoms with Gasteiger partial charge in [0.05, 0.1) is 0 Å². The summed E-state index contributed by atoms with van der Waals surface area (Å²) in [4.78, 5) is 0. The molecule has 3 aliphatic rings. The number of aryl methyl sites for hydroxylation is 1. The molecule has 0 bridgehead atoms. The summed E-state index contributed by atoms with van der Waals surface area (Å²) < 4.78 is 0. The van der Waals surface area contributed by atoms with E-state index in [1.165, 1.54) is 56.2 Å². The number of rotatable bonds is 2. The monoisotopic (exact) mass is 516 g/mol. The average Bonchev–Trinajstić information content (AvgIpc) is 3.84. The summed E-state index contributed by atoms with van der Waals surface area (Å²) in [5, 5.41) is 2.62. The molecule has 0 heteroatoms. The van der Waals surface area contributed by atoms with Crippen LogP contribution in [0, 0.1) is 5.92 Å². The number of hydrogen-bond donors (Lipinski definition) is 0. The molecule has 0 saturated heterocycles. The fraction of sp³-hybridized carbons (Fsp3) is 0.333. The van der Waals surface area contributed by atoms with Crippen LogP contribution in [0.25, 0.3) is 33.5 Å². The molecule has 4 aromatic rings. The summed E-state index contributed by atoms with van der Waals surface area (Å²) in [7, 11) is 0. The quantitative estimate of drug-likeness (QED) is 0.248. The predicted molar refractivity (Wildman–Crippen MR) is 176 cm³/mol. The molecule has 39 heavy (non-hydrogen) atoms. The van der Waals surface area contributed by atoms with Gasteiger partial charge in [-0.1, -0.05) is 146 Å². The number of hydrogen-bond acceptors (Lipinski definition) is 0. The zero-order chi connectivity index (χ0) is 28.4. The smallest absolute Gasteiger partial charge is 0.00863 e. The van der Waals surface area contributed by atoms with E-state index in [4.69, 9.17) is 0 Å². The van der Waals surface area contributed by atoms with E-state index < -0.39 is 0 Å². The lowest BCUT2D eigenvalue weighted by Gasteiger charge is -2.24. The van der Waals surface area contributed by atoms with E-state index in [9.17, 15) is 0 Å². The van der Waals surface area contributed by atoms with Crippen LogP contribution >= 0.6 is 0 Å². The Balaban J connectivity index is 0.000000485. The van der Waals surface area contributed by atoms with E-state index in [0.717, 1.165) is 24.7 Å². The Morgan fingerprint density at radius 3 is 2.00 bits per heavy atom. The van der Waals surface area contributed by atoms with Crippen LogP contribution in [0.1, 0.15) is 96.4 Å². The molecule has 0 aliphatic heterocycles. The first-order valence-electron chi connectivity index (χ1n) is 15.5. The molecule has 3 aliphatic carbocycles. The van der Waals surface area contributed by atoms with Crippen LogP contribution in [0.2, 0.25) is 0 Å². The van der Waals surface area contributed by atoms with Gasteiger partial charge in [-0.3, -0.25) is 0 Å². The van der Waals surface area contributed by atoms with Gasteiger partial charge < -0.3 is 0 Å². The minimum absolute atomic E-state index is 0.718. The summed E-state index contributed by atoms with van der Waals surface area (Å²) >= 11 is 0. The van der Waals surface area contributed by atoms with Crippen molar-refractivity contribution >= 4 is 22.4 Å². The highest BCUT2D eigenvalue weighted by Gasteiger charge is 2.42. The zero-order valence-corrected chi connectivity index (χ0v) is 25.5. The first-order valence-corrected chi connectivity index (χ1v) is 15.5. The fourth-order valence-electron chi connectivity index (χ4n) is 5.65. The minimum Gasteiger partial charge on any atom is -0.0726 e. The van der Waals surface area contributed by atoms with Gasteiger partial charge in [0, 0.05) is 0 Å². The Bertz CT molecular complexity index is 1420. The molecule has 0 N–H and O–H groups in total. The van der Waals surface area contributed by atoms with Gasteiger partial charge in [-0.2, -0.15) is 0 Å². The Kier molecular flexibility index (Phi) is 11.4. The Labute approximate surface area is 238 Å². The molecule has 0 heterocycles. The fourth-order valence-corrected chi connectivity index (χ4v) is 5.65. The second-order valence-electron chi connectivity index (χ2n) is 9.32. The molecule has 0 aromatic heterocycles. The first kappa shape index (κ1) is 30.2. The maximum Gasteiger partial charge on any atom is -0.00863 e. The predicted octanol–water partition coefficient (Wildman–Crippen LogP) is 12.1. The van der Waals surface area contributed by atoms with Crippen molar-refractivity contribution in [3.05, 3.63) is 119 Å². The molecule has 0 amide bonds. The van der Waals surface area contributed by atoms with Crippen LogP contribution in [-0.2, 0) is 6.42 Å². The maximum atomic E-state index is 2.57. The van der Waals surface area contributed by atoms with Crippen molar-refractivity contribution in [3.8, 4) is 11.1 Å². The molecular formula is C39H48. The third-order valence-corrected chi connectivity index (χ3v) is 7.44. The highest BCUT2D eigenvalue weighted by atomic mass is 14.5. The van der Waals surface area contributed by atoms with E-state index >= 15 is 0 Å². The average molecular weight is 517 g/mol. The van der Waals surface area contributed by atoms with E-state index in [1.807, 2.05) is 55.4 Å². The van der Waals surface area contributed by atoms with E-state index in [2.05, 4.69) is 97.1 Å². The SMILES string of the molecule is C1=C(C2=CC3CC3c3cc(-c4ccc5ccccc5c4)ccc32)CCc2ccccc21.CC.CC.CC.CC. The van der Waals surface area contributed by atoms with Gasteiger partial charge in [-0.05, 0) is 92.5 Å². The van der Waals surface area contributed by atoms with Gasteiger partial charge in [-0.25, -0.2) is 0 Å². The van der Waals surface area contributed by atoms with Crippen molar-refractivity contribution in [1.82, 2.24) is 0 Å². The lowest BCUT2D eigenvalue weighted by molar-refractivity contribution is 0.936. The molecule has 0 radical (unpaired) electrons. The molecule has 4 aromatic carbocycles. The molecule has 2 atom stereocenters. The van der Waals surface area contributed by atoms with Crippen molar-refractivity contribution < 1.29 is 0 Å². The summed E-state index contributed by atoms with van der Waals surface area (Å²) in [6.45, 7) is 16.0. The molecule has 7 rings (SSSR count). The van der Waals surface area contributed by atoms with Crippen LogP contribution in [0.3, 0.4) is 0 Å². The van der Waals surface area contributed by atoms with Crippen LogP contribution in [-0.4, -0.2) is 0 Å². The summed E-state index contributed by atoms with van der Waals surface area (Å²) in [6.07, 6.45) is 8.61. The molecule has 1 fully saturated rings. The van der Waals surface area contributed by atoms with Crippen molar-refractivity contribution in [2.45, 2.75) is 80.6 Å². The van der Waals surface area contributed by atoms with Crippen molar-refractivity contribution in [2.24, 2.45) is 5.92 Å². The third-order valence-electron chi connectivity index (χ3n) is 7.44. The van der Waals surface area contributed by atoms with Crippen LogP contribution < -0.4 is 0 Å². The van der Waals surface area contributed by atoms with Crippen LogP contribution in [0.5, 0.6) is 0 Å². The van der Waals surface area contributed by atoms with Crippen molar-refractivity contribution in [1.29, 1.82) is 0 Å². The second-order valence-corrected chi connectivity index (χ2v) is 9.32. The lowest BCUT2D eigenvalue weighted by atomic mass is 9.80. The maximum absolute atomic E-state index is 2.57. The van der Waals surface area contributed by atoms with Gasteiger partial charge in [0.15, 0.2) is 0 Å². The Morgan fingerprint density at radius 2 is 1.23 bits per heavy atom. The molecule has 204 valence electrons. The van der Waals surface area contributed by atoms with Gasteiger partial charge in [0.25, 0.3) is 0 Å². The number of fused-ring (bicyclic) bond motifs is 5. The Morgan fingerprint density at radius 1 is 0.590 bits per heavy atom. The molecule has 1 saturated carbocycles. The van der Waals surface area contributed by atoms with Crippen molar-refractivity contribution in [2.75, 3.05) is 0 Å². The molecule has 2 unspecified atom stereocenters. The van der Waals surface area contributed by atoms with Gasteiger partial charge in [-0.15, -0.1) is 0 Å². The van der Waals surface area contributed by atoms with Crippen LogP contribution in [0.4, 0.5) is 0 Å². The van der Waals surface area contributed by atoms with E-state index in [1.54, 1.807) is 5.56 Å². The summed E-state index contributed by atoms with van der Waals surface area (Å²) in [6, 6.07) is 31.6. The lowest BCUT2D eigenvalue weighted by Crippen LogP contribution is -2.05. The third kappa shape index (κ3) is 6.44. The topological polar surface area (TPSA) is 0 Å². The largest absolute Gasteiger partial charge is 0.0726 e. The number of benzene rings is 4. The van der Waals surface area contributed by atoms with Gasteiger partial charge in [0.1, 0.15) is 0 Å². The van der Waals surface area contributed by atoms with Gasteiger partial charge in [0.2, 0.25) is 0 Å².